The molecule has 36 heavy (non-hydrogen) atoms. The smallest absolute Gasteiger partial charge is 0.326 e. The number of carboxylic acids is 1. The Balaban J connectivity index is 1.42. The Labute approximate surface area is 211 Å². The molecule has 186 valence electrons. The van der Waals surface area contributed by atoms with Gasteiger partial charge in [0.15, 0.2) is 5.95 Å². The number of nitrogens with one attached hydrogen (secondary N) is 3. The van der Waals surface area contributed by atoms with Gasteiger partial charge in [-0.1, -0.05) is 31.2 Å². The van der Waals surface area contributed by atoms with Gasteiger partial charge in [0.2, 0.25) is 0 Å². The maximum Gasteiger partial charge on any atom is 0.326 e. The number of nitrogens with zero attached hydrogens (tertiary/aromatic N) is 2. The van der Waals surface area contributed by atoms with E-state index in [0.29, 0.717) is 35.6 Å². The first-order chi connectivity index (χ1) is 17.3. The molecular weight excluding hydrogens is 481 g/mol. The van der Waals surface area contributed by atoms with Crippen LogP contribution >= 0.6 is 11.3 Å². The lowest BCUT2D eigenvalue weighted by Crippen LogP contribution is -2.42. The first kappa shape index (κ1) is 25.1. The first-order valence-electron chi connectivity index (χ1n) is 11.4. The zero-order chi connectivity index (χ0) is 25.7. The van der Waals surface area contributed by atoms with Gasteiger partial charge in [0.05, 0.1) is 11.4 Å². The van der Waals surface area contributed by atoms with Gasteiger partial charge in [0, 0.05) is 30.6 Å². The van der Waals surface area contributed by atoms with Crippen LogP contribution in [0.4, 0.5) is 10.3 Å². The van der Waals surface area contributed by atoms with Gasteiger partial charge >= 0.3 is 5.97 Å². The van der Waals surface area contributed by atoms with Crippen LogP contribution in [0.1, 0.15) is 39.0 Å². The molecule has 0 fully saturated rings. The summed E-state index contributed by atoms with van der Waals surface area (Å²) in [5.41, 5.74) is 3.07. The summed E-state index contributed by atoms with van der Waals surface area (Å²) in [6.45, 7) is 4.01. The molecule has 10 heteroatoms. The molecule has 4 N–H and O–H groups in total. The van der Waals surface area contributed by atoms with E-state index in [-0.39, 0.29) is 6.42 Å². The normalized spacial score (nSPS) is 11.8. The topological polar surface area (TPSA) is 120 Å². The molecule has 1 atom stereocenters. The summed E-state index contributed by atoms with van der Waals surface area (Å²) >= 11 is 1.55. The molecule has 1 amide bonds. The van der Waals surface area contributed by atoms with E-state index in [4.69, 9.17) is 0 Å². The van der Waals surface area contributed by atoms with E-state index in [1.165, 1.54) is 12.1 Å². The molecule has 0 radical (unpaired) electrons. The van der Waals surface area contributed by atoms with Crippen molar-refractivity contribution in [1.29, 1.82) is 0 Å². The number of halogens is 1. The third-order valence-corrected chi connectivity index (χ3v) is 6.78. The summed E-state index contributed by atoms with van der Waals surface area (Å²) < 4.78 is 13.8. The van der Waals surface area contributed by atoms with Gasteiger partial charge in [-0.3, -0.25) is 4.79 Å². The number of hydrogen-bond donors (Lipinski definition) is 4. The van der Waals surface area contributed by atoms with Crippen LogP contribution in [0.2, 0.25) is 0 Å². The van der Waals surface area contributed by atoms with E-state index >= 15 is 0 Å². The second-order valence-electron chi connectivity index (χ2n) is 8.29. The second-order valence-corrected chi connectivity index (χ2v) is 9.40. The minimum Gasteiger partial charge on any atom is -0.480 e. The van der Waals surface area contributed by atoms with Crippen molar-refractivity contribution in [3.8, 4) is 10.4 Å². The minimum atomic E-state index is -1.14. The summed E-state index contributed by atoms with van der Waals surface area (Å²) in [7, 11) is 0. The summed E-state index contributed by atoms with van der Waals surface area (Å²) in [6, 6.07) is 8.98. The van der Waals surface area contributed by atoms with Crippen LogP contribution in [-0.2, 0) is 24.2 Å². The lowest BCUT2D eigenvalue weighted by Gasteiger charge is -2.17. The van der Waals surface area contributed by atoms with Crippen molar-refractivity contribution in [3.63, 3.8) is 0 Å². The highest BCUT2D eigenvalue weighted by molar-refractivity contribution is 7.15. The fourth-order valence-electron chi connectivity index (χ4n) is 3.93. The van der Waals surface area contributed by atoms with Crippen LogP contribution < -0.4 is 10.6 Å². The molecule has 8 nitrogen and oxygen atoms in total. The van der Waals surface area contributed by atoms with Crippen LogP contribution in [-0.4, -0.2) is 38.0 Å². The molecule has 4 rings (SSSR count). The van der Waals surface area contributed by atoms with Crippen LogP contribution in [0.3, 0.4) is 0 Å². The van der Waals surface area contributed by atoms with Crippen molar-refractivity contribution >= 4 is 29.2 Å². The van der Waals surface area contributed by atoms with Gasteiger partial charge in [-0.25, -0.2) is 19.2 Å². The maximum atomic E-state index is 13.8. The fourth-order valence-corrected chi connectivity index (χ4v) is 4.80. The van der Waals surface area contributed by atoms with E-state index in [1.54, 1.807) is 36.9 Å². The molecule has 2 heterocycles. The highest BCUT2D eigenvalue weighted by Crippen LogP contribution is 2.27. The number of imidazole rings is 1. The number of rotatable bonds is 10. The number of aromatic amines is 1. The highest BCUT2D eigenvalue weighted by Gasteiger charge is 2.24. The van der Waals surface area contributed by atoms with Gasteiger partial charge in [-0.2, -0.15) is 0 Å². The maximum absolute atomic E-state index is 13.8. The molecular formula is C26H26FN5O3S. The number of aromatic nitrogens is 3. The number of carbonyl (C=O) groups excluding carboxylic acids is 1. The SMILES string of the molecule is CCc1cc(F)cc(C)c1C(=O)NC(Cc1ccc(-c2cnc(CNc3ncc[nH]3)s2)cc1)C(=O)O. The van der Waals surface area contributed by atoms with Crippen molar-refractivity contribution in [2.24, 2.45) is 0 Å². The number of carbonyl (C=O) groups is 2. The molecule has 0 saturated carbocycles. The van der Waals surface area contributed by atoms with E-state index in [1.807, 2.05) is 31.2 Å². The number of amides is 1. The fraction of sp³-hybridized carbons (Fsp3) is 0.231. The third kappa shape index (κ3) is 5.95. The Morgan fingerprint density at radius 3 is 2.64 bits per heavy atom. The molecule has 0 saturated heterocycles. The van der Waals surface area contributed by atoms with Gasteiger partial charge in [-0.05, 0) is 47.7 Å². The Kier molecular flexibility index (Phi) is 7.74. The molecule has 4 aromatic rings. The van der Waals surface area contributed by atoms with Crippen LogP contribution in [0.5, 0.6) is 0 Å². The van der Waals surface area contributed by atoms with E-state index in [9.17, 15) is 19.1 Å². The molecule has 1 unspecified atom stereocenters. The average Bonchev–Trinajstić information content (AvgIpc) is 3.54. The standard InChI is InChI=1S/C26H26FN5O3S/c1-3-17-12-19(27)10-15(2)23(17)24(33)32-20(25(34)35)11-16-4-6-18(7-5-16)21-13-30-22(36-21)14-31-26-28-8-9-29-26/h4-10,12-13,20H,3,11,14H2,1-2H3,(H,32,33)(H,34,35)(H2,28,29,31). The Morgan fingerprint density at radius 1 is 1.19 bits per heavy atom. The lowest BCUT2D eigenvalue weighted by molar-refractivity contribution is -0.139. The van der Waals surface area contributed by atoms with E-state index in [2.05, 4.69) is 25.6 Å². The summed E-state index contributed by atoms with van der Waals surface area (Å²) in [6.07, 6.45) is 5.78. The summed E-state index contributed by atoms with van der Waals surface area (Å²) in [5, 5.41) is 16.4. The predicted molar refractivity (Wildman–Crippen MR) is 137 cm³/mol. The Morgan fingerprint density at radius 2 is 1.97 bits per heavy atom. The molecule has 0 aliphatic carbocycles. The number of benzene rings is 2. The average molecular weight is 508 g/mol. The van der Waals surface area contributed by atoms with E-state index < -0.39 is 23.7 Å². The van der Waals surface area contributed by atoms with Gasteiger partial charge in [0.25, 0.3) is 5.91 Å². The number of H-pyrrole nitrogens is 1. The van der Waals surface area contributed by atoms with Crippen LogP contribution in [0.15, 0.2) is 55.0 Å². The van der Waals surface area contributed by atoms with Crippen molar-refractivity contribution in [2.45, 2.75) is 39.3 Å². The number of aryl methyl sites for hydroxylation is 2. The second kappa shape index (κ2) is 11.1. The quantitative estimate of drug-likeness (QED) is 0.249. The third-order valence-electron chi connectivity index (χ3n) is 5.73. The number of anilines is 1. The van der Waals surface area contributed by atoms with Crippen LogP contribution in [0, 0.1) is 12.7 Å². The van der Waals surface area contributed by atoms with Crippen molar-refractivity contribution < 1.29 is 19.1 Å². The minimum absolute atomic E-state index is 0.115. The lowest BCUT2D eigenvalue weighted by atomic mass is 9.98. The highest BCUT2D eigenvalue weighted by atomic mass is 32.1. The number of carboxylic acid groups (broad SMARTS) is 1. The number of aliphatic carboxylic acids is 1. The molecule has 0 aliphatic heterocycles. The molecule has 0 spiro atoms. The molecule has 0 bridgehead atoms. The predicted octanol–water partition coefficient (Wildman–Crippen LogP) is 4.58. The van der Waals surface area contributed by atoms with Gasteiger partial charge in [-0.15, -0.1) is 11.3 Å². The Hall–Kier alpha value is -4.05. The summed E-state index contributed by atoms with van der Waals surface area (Å²) in [5.74, 6) is -1.40. The molecule has 2 aromatic heterocycles. The van der Waals surface area contributed by atoms with Gasteiger partial charge < -0.3 is 20.7 Å². The molecule has 0 aliphatic rings. The Bertz CT molecular complexity index is 1350. The first-order valence-corrected chi connectivity index (χ1v) is 12.3. The zero-order valence-corrected chi connectivity index (χ0v) is 20.7. The largest absolute Gasteiger partial charge is 0.480 e. The van der Waals surface area contributed by atoms with Crippen molar-refractivity contribution in [1.82, 2.24) is 20.3 Å². The van der Waals surface area contributed by atoms with Crippen molar-refractivity contribution in [2.75, 3.05) is 5.32 Å². The number of thiazole rings is 1. The monoisotopic (exact) mass is 507 g/mol. The molecule has 2 aromatic carbocycles. The summed E-state index contributed by atoms with van der Waals surface area (Å²) in [4.78, 5) is 37.4. The van der Waals surface area contributed by atoms with Crippen molar-refractivity contribution in [3.05, 3.63) is 88.1 Å². The number of hydrogen-bond acceptors (Lipinski definition) is 6. The van der Waals surface area contributed by atoms with Gasteiger partial charge in [0.1, 0.15) is 16.9 Å². The van der Waals surface area contributed by atoms with Crippen LogP contribution in [0.25, 0.3) is 10.4 Å². The zero-order valence-electron chi connectivity index (χ0n) is 19.8. The van der Waals surface area contributed by atoms with E-state index in [0.717, 1.165) is 21.0 Å².